The van der Waals surface area contributed by atoms with Crippen molar-refractivity contribution in [2.75, 3.05) is 0 Å². The molecular weight excluding hydrogens is 322 g/mol. The second-order valence-electron chi connectivity index (χ2n) is 4.61. The van der Waals surface area contributed by atoms with Gasteiger partial charge in [-0.05, 0) is 41.1 Å². The van der Waals surface area contributed by atoms with E-state index >= 15 is 0 Å². The van der Waals surface area contributed by atoms with Crippen molar-refractivity contribution in [3.8, 4) is 0 Å². The molecule has 0 spiro atoms. The van der Waals surface area contributed by atoms with Gasteiger partial charge in [-0.15, -0.1) is 11.3 Å². The molecule has 1 aromatic carbocycles. The molecule has 19 heavy (non-hydrogen) atoms. The summed E-state index contributed by atoms with van der Waals surface area (Å²) in [6.45, 7) is 2.03. The average Bonchev–Trinajstić information content (AvgIpc) is 2.98. The van der Waals surface area contributed by atoms with Gasteiger partial charge in [-0.3, -0.25) is 0 Å². The van der Waals surface area contributed by atoms with Crippen LogP contribution in [0.2, 0.25) is 0 Å². The summed E-state index contributed by atoms with van der Waals surface area (Å²) in [6, 6.07) is 10.4. The van der Waals surface area contributed by atoms with Crippen LogP contribution in [-0.4, -0.2) is 15.6 Å². The van der Waals surface area contributed by atoms with E-state index in [2.05, 4.69) is 43.0 Å². The van der Waals surface area contributed by atoms with Crippen LogP contribution in [0.3, 0.4) is 0 Å². The fraction of sp³-hybridized carbons (Fsp3) is 0.214. The van der Waals surface area contributed by atoms with Crippen LogP contribution in [0.1, 0.15) is 17.8 Å². The summed E-state index contributed by atoms with van der Waals surface area (Å²) in [5.74, 6) is 0. The third-order valence-corrected chi connectivity index (χ3v) is 4.92. The SMILES string of the molecule is CC(N)C(c1cc(Br)cs1)n1cnc2ccccc21. The van der Waals surface area contributed by atoms with Crippen molar-refractivity contribution in [2.24, 2.45) is 5.73 Å². The fourth-order valence-corrected chi connectivity index (χ4v) is 3.99. The standard InChI is InChI=1S/C14H14BrN3S/c1-9(16)14(13-6-10(15)7-19-13)18-8-17-11-4-2-3-5-12(11)18/h2-9,14H,16H2,1H3. The number of nitrogens with zero attached hydrogens (tertiary/aromatic N) is 2. The van der Waals surface area contributed by atoms with Gasteiger partial charge in [0.2, 0.25) is 0 Å². The van der Waals surface area contributed by atoms with Crippen LogP contribution in [-0.2, 0) is 0 Å². The molecule has 0 saturated carbocycles. The molecule has 0 bridgehead atoms. The van der Waals surface area contributed by atoms with Crippen molar-refractivity contribution < 1.29 is 0 Å². The Labute approximate surface area is 124 Å². The summed E-state index contributed by atoms with van der Waals surface area (Å²) in [4.78, 5) is 5.70. The second kappa shape index (κ2) is 5.07. The number of hydrogen-bond donors (Lipinski definition) is 1. The van der Waals surface area contributed by atoms with Gasteiger partial charge in [0.1, 0.15) is 0 Å². The maximum Gasteiger partial charge on any atom is 0.0964 e. The van der Waals surface area contributed by atoms with Gasteiger partial charge in [-0.25, -0.2) is 4.98 Å². The smallest absolute Gasteiger partial charge is 0.0964 e. The second-order valence-corrected chi connectivity index (χ2v) is 6.47. The minimum absolute atomic E-state index is 0.0168. The molecule has 0 aliphatic carbocycles. The third kappa shape index (κ3) is 2.33. The number of benzene rings is 1. The van der Waals surface area contributed by atoms with Gasteiger partial charge < -0.3 is 10.3 Å². The molecule has 3 nitrogen and oxygen atoms in total. The minimum Gasteiger partial charge on any atom is -0.326 e. The Balaban J connectivity index is 2.15. The molecule has 0 fully saturated rings. The zero-order valence-electron chi connectivity index (χ0n) is 10.5. The monoisotopic (exact) mass is 335 g/mol. The molecule has 2 atom stereocenters. The first kappa shape index (κ1) is 12.8. The van der Waals surface area contributed by atoms with Gasteiger partial charge in [-0.1, -0.05) is 12.1 Å². The molecule has 0 aliphatic heterocycles. The van der Waals surface area contributed by atoms with Crippen molar-refractivity contribution in [1.82, 2.24) is 9.55 Å². The predicted octanol–water partition coefficient (Wildman–Crippen LogP) is 3.80. The first-order valence-corrected chi connectivity index (χ1v) is 7.75. The van der Waals surface area contributed by atoms with Gasteiger partial charge in [0, 0.05) is 20.8 Å². The first-order valence-electron chi connectivity index (χ1n) is 6.08. The number of imidazole rings is 1. The zero-order valence-corrected chi connectivity index (χ0v) is 12.9. The van der Waals surface area contributed by atoms with E-state index in [9.17, 15) is 0 Å². The van der Waals surface area contributed by atoms with E-state index in [1.807, 2.05) is 31.5 Å². The highest BCUT2D eigenvalue weighted by molar-refractivity contribution is 9.10. The number of thiophene rings is 1. The Hall–Kier alpha value is -1.17. The molecule has 2 unspecified atom stereocenters. The molecule has 2 aromatic heterocycles. The molecule has 2 heterocycles. The van der Waals surface area contributed by atoms with E-state index in [1.165, 1.54) is 4.88 Å². The molecule has 5 heteroatoms. The van der Waals surface area contributed by atoms with E-state index in [1.54, 1.807) is 11.3 Å². The lowest BCUT2D eigenvalue weighted by molar-refractivity contribution is 0.514. The first-order chi connectivity index (χ1) is 9.16. The predicted molar refractivity (Wildman–Crippen MR) is 83.5 cm³/mol. The highest BCUT2D eigenvalue weighted by atomic mass is 79.9. The van der Waals surface area contributed by atoms with Crippen LogP contribution in [0.5, 0.6) is 0 Å². The Bertz CT molecular complexity index is 701. The number of hydrogen-bond acceptors (Lipinski definition) is 3. The lowest BCUT2D eigenvalue weighted by atomic mass is 10.1. The largest absolute Gasteiger partial charge is 0.326 e. The minimum atomic E-state index is 0.0168. The molecule has 0 amide bonds. The number of rotatable bonds is 3. The summed E-state index contributed by atoms with van der Waals surface area (Å²) in [7, 11) is 0. The average molecular weight is 336 g/mol. The van der Waals surface area contributed by atoms with Gasteiger partial charge in [0.15, 0.2) is 0 Å². The van der Waals surface area contributed by atoms with Gasteiger partial charge >= 0.3 is 0 Å². The van der Waals surface area contributed by atoms with Crippen LogP contribution in [0.25, 0.3) is 11.0 Å². The van der Waals surface area contributed by atoms with E-state index < -0.39 is 0 Å². The van der Waals surface area contributed by atoms with Crippen LogP contribution in [0, 0.1) is 0 Å². The number of aromatic nitrogens is 2. The van der Waals surface area contributed by atoms with E-state index in [0.717, 1.165) is 15.5 Å². The summed E-state index contributed by atoms with van der Waals surface area (Å²) in [5.41, 5.74) is 8.33. The summed E-state index contributed by atoms with van der Waals surface area (Å²) >= 11 is 5.22. The van der Waals surface area contributed by atoms with Crippen molar-refractivity contribution in [1.29, 1.82) is 0 Å². The van der Waals surface area contributed by atoms with E-state index in [4.69, 9.17) is 5.73 Å². The Morgan fingerprint density at radius 3 is 2.84 bits per heavy atom. The normalized spacial score (nSPS) is 14.7. The maximum absolute atomic E-state index is 6.20. The summed E-state index contributed by atoms with van der Waals surface area (Å²) < 4.78 is 3.26. The van der Waals surface area contributed by atoms with Crippen LogP contribution in [0.4, 0.5) is 0 Å². The molecule has 0 saturated heterocycles. The van der Waals surface area contributed by atoms with Crippen molar-refractivity contribution >= 4 is 38.3 Å². The molecule has 0 aliphatic rings. The lowest BCUT2D eigenvalue weighted by Gasteiger charge is -2.22. The third-order valence-electron chi connectivity index (χ3n) is 3.16. The Morgan fingerprint density at radius 1 is 1.37 bits per heavy atom. The van der Waals surface area contributed by atoms with Crippen LogP contribution in [0.15, 0.2) is 46.5 Å². The summed E-state index contributed by atoms with van der Waals surface area (Å²) in [6.07, 6.45) is 1.88. The number of fused-ring (bicyclic) bond motifs is 1. The topological polar surface area (TPSA) is 43.8 Å². The van der Waals surface area contributed by atoms with Crippen molar-refractivity contribution in [3.05, 3.63) is 51.4 Å². The van der Waals surface area contributed by atoms with Gasteiger partial charge in [-0.2, -0.15) is 0 Å². The summed E-state index contributed by atoms with van der Waals surface area (Å²) in [5, 5.41) is 2.09. The molecule has 2 N–H and O–H groups in total. The quantitative estimate of drug-likeness (QED) is 0.791. The van der Waals surface area contributed by atoms with E-state index in [0.29, 0.717) is 0 Å². The number of para-hydroxylation sites is 2. The Morgan fingerprint density at radius 2 is 2.16 bits per heavy atom. The van der Waals surface area contributed by atoms with Crippen molar-refractivity contribution in [2.45, 2.75) is 19.0 Å². The Kier molecular flexibility index (Phi) is 3.43. The lowest BCUT2D eigenvalue weighted by Crippen LogP contribution is -2.29. The zero-order chi connectivity index (χ0) is 13.4. The highest BCUT2D eigenvalue weighted by Crippen LogP contribution is 2.32. The molecule has 98 valence electrons. The van der Waals surface area contributed by atoms with Gasteiger partial charge in [0.05, 0.1) is 23.4 Å². The number of nitrogens with two attached hydrogens (primary N) is 1. The van der Waals surface area contributed by atoms with E-state index in [-0.39, 0.29) is 12.1 Å². The number of halogens is 1. The molecular formula is C14H14BrN3S. The molecule has 0 radical (unpaired) electrons. The highest BCUT2D eigenvalue weighted by Gasteiger charge is 2.21. The van der Waals surface area contributed by atoms with Gasteiger partial charge in [0.25, 0.3) is 0 Å². The molecule has 3 rings (SSSR count). The maximum atomic E-state index is 6.20. The fourth-order valence-electron chi connectivity index (χ4n) is 2.33. The van der Waals surface area contributed by atoms with Crippen LogP contribution >= 0.6 is 27.3 Å². The molecule has 3 aromatic rings. The van der Waals surface area contributed by atoms with Crippen LogP contribution < -0.4 is 5.73 Å². The van der Waals surface area contributed by atoms with Crippen molar-refractivity contribution in [3.63, 3.8) is 0 Å².